The van der Waals surface area contributed by atoms with Crippen molar-refractivity contribution in [1.82, 2.24) is 0 Å². The molecule has 2 N–H and O–H groups in total. The highest BCUT2D eigenvalue weighted by Gasteiger charge is 2.29. The first-order valence-electron chi connectivity index (χ1n) is 5.59. The molecule has 2 nitrogen and oxygen atoms in total. The fourth-order valence-electron chi connectivity index (χ4n) is 2.13. The Hall–Kier alpha value is -1.02. The van der Waals surface area contributed by atoms with Crippen LogP contribution in [-0.4, -0.2) is 18.6 Å². The molecule has 1 heterocycles. The highest BCUT2D eigenvalue weighted by atomic mass is 15.2. The lowest BCUT2D eigenvalue weighted by atomic mass is 10.0. The van der Waals surface area contributed by atoms with Gasteiger partial charge in [-0.3, -0.25) is 0 Å². The van der Waals surface area contributed by atoms with Gasteiger partial charge in [-0.15, -0.1) is 0 Å². The zero-order chi connectivity index (χ0) is 11.1. The van der Waals surface area contributed by atoms with E-state index in [2.05, 4.69) is 43.9 Å². The predicted molar refractivity (Wildman–Crippen MR) is 65.3 cm³/mol. The molecule has 1 aliphatic rings. The lowest BCUT2D eigenvalue weighted by Crippen LogP contribution is -2.39. The molecule has 1 aromatic carbocycles. The molecule has 0 saturated carbocycles. The molecule has 0 spiro atoms. The van der Waals surface area contributed by atoms with Crippen molar-refractivity contribution in [3.8, 4) is 0 Å². The second kappa shape index (κ2) is 3.53. The van der Waals surface area contributed by atoms with Crippen LogP contribution in [-0.2, 0) is 0 Å². The summed E-state index contributed by atoms with van der Waals surface area (Å²) < 4.78 is 0. The summed E-state index contributed by atoms with van der Waals surface area (Å²) in [6, 6.07) is 6.65. The molecule has 1 aromatic rings. The van der Waals surface area contributed by atoms with Gasteiger partial charge in [0, 0.05) is 24.3 Å². The summed E-state index contributed by atoms with van der Waals surface area (Å²) >= 11 is 0. The molecule has 1 aliphatic heterocycles. The van der Waals surface area contributed by atoms with Gasteiger partial charge in [0.1, 0.15) is 0 Å². The highest BCUT2D eigenvalue weighted by molar-refractivity contribution is 5.52. The van der Waals surface area contributed by atoms with Gasteiger partial charge in [-0.25, -0.2) is 0 Å². The normalized spacial score (nSPS) is 26.0. The van der Waals surface area contributed by atoms with E-state index in [-0.39, 0.29) is 5.54 Å². The number of hydrogen-bond acceptors (Lipinski definition) is 2. The SMILES string of the molecule is Cc1ccc(N2CCC(C)(N)C2)cc1C. The molecular weight excluding hydrogens is 184 g/mol. The monoisotopic (exact) mass is 204 g/mol. The van der Waals surface area contributed by atoms with Gasteiger partial charge in [0.2, 0.25) is 0 Å². The molecule has 15 heavy (non-hydrogen) atoms. The topological polar surface area (TPSA) is 29.3 Å². The van der Waals surface area contributed by atoms with Crippen LogP contribution in [0.1, 0.15) is 24.5 Å². The molecule has 0 radical (unpaired) electrons. The van der Waals surface area contributed by atoms with Gasteiger partial charge < -0.3 is 10.6 Å². The zero-order valence-electron chi connectivity index (χ0n) is 9.88. The average molecular weight is 204 g/mol. The van der Waals surface area contributed by atoms with Gasteiger partial charge in [-0.05, 0) is 50.5 Å². The smallest absolute Gasteiger partial charge is 0.0369 e. The van der Waals surface area contributed by atoms with Crippen LogP contribution in [0.3, 0.4) is 0 Å². The minimum Gasteiger partial charge on any atom is -0.370 e. The molecular formula is C13H20N2. The maximum atomic E-state index is 6.13. The largest absolute Gasteiger partial charge is 0.370 e. The Kier molecular flexibility index (Phi) is 2.47. The summed E-state index contributed by atoms with van der Waals surface area (Å²) in [4.78, 5) is 2.38. The minimum atomic E-state index is -0.0151. The first-order valence-corrected chi connectivity index (χ1v) is 5.59. The van der Waals surface area contributed by atoms with Gasteiger partial charge in [0.25, 0.3) is 0 Å². The van der Waals surface area contributed by atoms with Crippen molar-refractivity contribution in [2.45, 2.75) is 32.7 Å². The van der Waals surface area contributed by atoms with Gasteiger partial charge in [-0.1, -0.05) is 6.07 Å². The van der Waals surface area contributed by atoms with Crippen LogP contribution in [0.4, 0.5) is 5.69 Å². The minimum absolute atomic E-state index is 0.0151. The number of anilines is 1. The maximum absolute atomic E-state index is 6.13. The third kappa shape index (κ3) is 2.15. The van der Waals surface area contributed by atoms with E-state index in [1.807, 2.05) is 0 Å². The lowest BCUT2D eigenvalue weighted by Gasteiger charge is -2.22. The average Bonchev–Trinajstić information content (AvgIpc) is 2.51. The van der Waals surface area contributed by atoms with Crippen molar-refractivity contribution >= 4 is 5.69 Å². The van der Waals surface area contributed by atoms with Crippen molar-refractivity contribution in [2.75, 3.05) is 18.0 Å². The standard InChI is InChI=1S/C13H20N2/c1-10-4-5-12(8-11(10)2)15-7-6-13(3,14)9-15/h4-5,8H,6-7,9,14H2,1-3H3. The summed E-state index contributed by atoms with van der Waals surface area (Å²) in [6.07, 6.45) is 1.08. The van der Waals surface area contributed by atoms with Crippen molar-refractivity contribution < 1.29 is 0 Å². The molecule has 0 aromatic heterocycles. The maximum Gasteiger partial charge on any atom is 0.0369 e. The van der Waals surface area contributed by atoms with Crippen LogP contribution in [0.2, 0.25) is 0 Å². The first kappa shape index (κ1) is 10.5. The number of hydrogen-bond donors (Lipinski definition) is 1. The number of nitrogens with two attached hydrogens (primary N) is 1. The molecule has 2 heteroatoms. The number of rotatable bonds is 1. The first-order chi connectivity index (χ1) is 6.98. The fourth-order valence-corrected chi connectivity index (χ4v) is 2.13. The van der Waals surface area contributed by atoms with Crippen molar-refractivity contribution in [2.24, 2.45) is 5.73 Å². The molecule has 82 valence electrons. The van der Waals surface area contributed by atoms with Crippen LogP contribution in [0, 0.1) is 13.8 Å². The summed E-state index contributed by atoms with van der Waals surface area (Å²) in [7, 11) is 0. The summed E-state index contributed by atoms with van der Waals surface area (Å²) in [6.45, 7) is 8.49. The van der Waals surface area contributed by atoms with Crippen LogP contribution in [0.5, 0.6) is 0 Å². The predicted octanol–water partition coefficient (Wildman–Crippen LogP) is 2.23. The number of nitrogens with zero attached hydrogens (tertiary/aromatic N) is 1. The van der Waals surface area contributed by atoms with E-state index in [9.17, 15) is 0 Å². The van der Waals surface area contributed by atoms with E-state index in [1.165, 1.54) is 16.8 Å². The van der Waals surface area contributed by atoms with Crippen molar-refractivity contribution in [1.29, 1.82) is 0 Å². The van der Waals surface area contributed by atoms with E-state index in [4.69, 9.17) is 5.73 Å². The summed E-state index contributed by atoms with van der Waals surface area (Å²) in [5, 5.41) is 0. The van der Waals surface area contributed by atoms with Crippen LogP contribution in [0.25, 0.3) is 0 Å². The van der Waals surface area contributed by atoms with Gasteiger partial charge in [0.05, 0.1) is 0 Å². The molecule has 0 amide bonds. The lowest BCUT2D eigenvalue weighted by molar-refractivity contribution is 0.525. The fraction of sp³-hybridized carbons (Fsp3) is 0.538. The Bertz CT molecular complexity index is 369. The Balaban J connectivity index is 2.21. The number of benzene rings is 1. The van der Waals surface area contributed by atoms with E-state index in [0.717, 1.165) is 19.5 Å². The van der Waals surface area contributed by atoms with Gasteiger partial charge in [-0.2, -0.15) is 0 Å². The molecule has 0 aliphatic carbocycles. The number of aryl methyl sites for hydroxylation is 2. The molecule has 0 bridgehead atoms. The highest BCUT2D eigenvalue weighted by Crippen LogP contribution is 2.26. The van der Waals surface area contributed by atoms with E-state index < -0.39 is 0 Å². The van der Waals surface area contributed by atoms with Gasteiger partial charge >= 0.3 is 0 Å². The van der Waals surface area contributed by atoms with Crippen LogP contribution < -0.4 is 10.6 Å². The zero-order valence-corrected chi connectivity index (χ0v) is 9.88. The summed E-state index contributed by atoms with van der Waals surface area (Å²) in [5.41, 5.74) is 10.1. The van der Waals surface area contributed by atoms with Crippen LogP contribution in [0.15, 0.2) is 18.2 Å². The summed E-state index contributed by atoms with van der Waals surface area (Å²) in [5.74, 6) is 0. The molecule has 1 unspecified atom stereocenters. The molecule has 1 fully saturated rings. The van der Waals surface area contributed by atoms with Crippen molar-refractivity contribution in [3.05, 3.63) is 29.3 Å². The quantitative estimate of drug-likeness (QED) is 0.760. The molecule has 1 atom stereocenters. The van der Waals surface area contributed by atoms with E-state index in [0.29, 0.717) is 0 Å². The van der Waals surface area contributed by atoms with E-state index in [1.54, 1.807) is 0 Å². The van der Waals surface area contributed by atoms with Crippen molar-refractivity contribution in [3.63, 3.8) is 0 Å². The molecule has 1 saturated heterocycles. The van der Waals surface area contributed by atoms with Crippen LogP contribution >= 0.6 is 0 Å². The second-order valence-corrected chi connectivity index (χ2v) is 5.09. The molecule has 2 rings (SSSR count). The Labute approximate surface area is 92.1 Å². The second-order valence-electron chi connectivity index (χ2n) is 5.09. The Morgan fingerprint density at radius 2 is 2.00 bits per heavy atom. The Morgan fingerprint density at radius 1 is 1.27 bits per heavy atom. The van der Waals surface area contributed by atoms with E-state index >= 15 is 0 Å². The third-order valence-electron chi connectivity index (χ3n) is 3.36. The Morgan fingerprint density at radius 3 is 2.53 bits per heavy atom. The third-order valence-corrected chi connectivity index (χ3v) is 3.36. The van der Waals surface area contributed by atoms with Gasteiger partial charge in [0.15, 0.2) is 0 Å².